The molecule has 0 bridgehead atoms. The minimum absolute atomic E-state index is 0.378. The van der Waals surface area contributed by atoms with E-state index in [1.807, 2.05) is 13.8 Å². The maximum atomic E-state index is 10.5. The van der Waals surface area contributed by atoms with Gasteiger partial charge in [-0.15, -0.1) is 0 Å². The standard InChI is InChI=1S/C10H17NO/c1-8-4-6-9(7-5-8)10(2,3)11-12/h4,9H,5-7H2,1-3H3. The van der Waals surface area contributed by atoms with Crippen LogP contribution in [0.5, 0.6) is 0 Å². The van der Waals surface area contributed by atoms with E-state index in [4.69, 9.17) is 0 Å². The van der Waals surface area contributed by atoms with Crippen LogP contribution in [0.2, 0.25) is 0 Å². The predicted octanol–water partition coefficient (Wildman–Crippen LogP) is 3.28. The lowest BCUT2D eigenvalue weighted by molar-refractivity contribution is 0.295. The SMILES string of the molecule is CC1=CCC(C(C)(C)N=O)CC1. The number of nitroso groups, excluding NO2 is 1. The van der Waals surface area contributed by atoms with Crippen molar-refractivity contribution in [1.29, 1.82) is 0 Å². The molecule has 1 atom stereocenters. The molecule has 1 aliphatic rings. The Bertz CT molecular complexity index is 206. The molecule has 0 saturated heterocycles. The van der Waals surface area contributed by atoms with Crippen molar-refractivity contribution >= 4 is 0 Å². The molecule has 0 saturated carbocycles. The van der Waals surface area contributed by atoms with Crippen molar-refractivity contribution in [3.05, 3.63) is 16.6 Å². The molecule has 1 unspecified atom stereocenters. The van der Waals surface area contributed by atoms with E-state index in [0.29, 0.717) is 5.92 Å². The second kappa shape index (κ2) is 3.38. The summed E-state index contributed by atoms with van der Waals surface area (Å²) in [4.78, 5) is 10.5. The Morgan fingerprint density at radius 1 is 1.58 bits per heavy atom. The summed E-state index contributed by atoms with van der Waals surface area (Å²) >= 11 is 0. The van der Waals surface area contributed by atoms with Crippen molar-refractivity contribution in [1.82, 2.24) is 0 Å². The average molecular weight is 167 g/mol. The summed E-state index contributed by atoms with van der Waals surface area (Å²) in [6.45, 7) is 6.01. The fraction of sp³-hybridized carbons (Fsp3) is 0.800. The first-order valence-electron chi connectivity index (χ1n) is 4.56. The largest absolute Gasteiger partial charge is 0.150 e. The third kappa shape index (κ3) is 1.93. The molecule has 0 aromatic heterocycles. The number of hydrogen-bond acceptors (Lipinski definition) is 2. The molecule has 0 N–H and O–H groups in total. The van der Waals surface area contributed by atoms with Crippen LogP contribution in [0, 0.1) is 10.8 Å². The second-order valence-corrected chi connectivity index (χ2v) is 4.27. The van der Waals surface area contributed by atoms with Crippen LogP contribution in [0.15, 0.2) is 16.8 Å². The zero-order chi connectivity index (χ0) is 9.19. The van der Waals surface area contributed by atoms with Crippen molar-refractivity contribution in [2.45, 2.75) is 45.6 Å². The summed E-state index contributed by atoms with van der Waals surface area (Å²) in [5.74, 6) is 0.443. The Labute approximate surface area is 74.0 Å². The first-order chi connectivity index (χ1) is 5.56. The highest BCUT2D eigenvalue weighted by Gasteiger charge is 2.30. The summed E-state index contributed by atoms with van der Waals surface area (Å²) in [7, 11) is 0. The van der Waals surface area contributed by atoms with Crippen LogP contribution >= 0.6 is 0 Å². The summed E-state index contributed by atoms with van der Waals surface area (Å²) in [5, 5.41) is 3.19. The maximum Gasteiger partial charge on any atom is 0.100 e. The van der Waals surface area contributed by atoms with Crippen molar-refractivity contribution in [3.63, 3.8) is 0 Å². The molecule has 12 heavy (non-hydrogen) atoms. The van der Waals surface area contributed by atoms with Crippen LogP contribution < -0.4 is 0 Å². The van der Waals surface area contributed by atoms with Gasteiger partial charge in [0.25, 0.3) is 0 Å². The van der Waals surface area contributed by atoms with E-state index >= 15 is 0 Å². The predicted molar refractivity (Wildman–Crippen MR) is 51.0 cm³/mol. The summed E-state index contributed by atoms with van der Waals surface area (Å²) in [6.07, 6.45) is 5.50. The van der Waals surface area contributed by atoms with Crippen molar-refractivity contribution in [2.75, 3.05) is 0 Å². The van der Waals surface area contributed by atoms with Gasteiger partial charge in [0.1, 0.15) is 5.54 Å². The Morgan fingerprint density at radius 3 is 2.67 bits per heavy atom. The number of nitrogens with zero attached hydrogens (tertiary/aromatic N) is 1. The lowest BCUT2D eigenvalue weighted by Crippen LogP contribution is -2.29. The maximum absolute atomic E-state index is 10.5. The molecule has 2 nitrogen and oxygen atoms in total. The highest BCUT2D eigenvalue weighted by atomic mass is 16.3. The fourth-order valence-electron chi connectivity index (χ4n) is 1.68. The summed E-state index contributed by atoms with van der Waals surface area (Å²) in [6, 6.07) is 0. The van der Waals surface area contributed by atoms with Crippen molar-refractivity contribution in [3.8, 4) is 0 Å². The lowest BCUT2D eigenvalue weighted by Gasteiger charge is -2.29. The van der Waals surface area contributed by atoms with Gasteiger partial charge in [0, 0.05) is 0 Å². The molecule has 0 heterocycles. The topological polar surface area (TPSA) is 29.4 Å². The molecule has 0 aromatic carbocycles. The first kappa shape index (κ1) is 9.43. The third-order valence-corrected chi connectivity index (χ3v) is 2.87. The lowest BCUT2D eigenvalue weighted by atomic mass is 9.78. The smallest absolute Gasteiger partial charge is 0.100 e. The molecule has 0 aromatic rings. The zero-order valence-corrected chi connectivity index (χ0v) is 8.13. The molecule has 1 rings (SSSR count). The molecule has 2 heteroatoms. The van der Waals surface area contributed by atoms with Crippen LogP contribution in [0.3, 0.4) is 0 Å². The van der Waals surface area contributed by atoms with Crippen molar-refractivity contribution in [2.24, 2.45) is 11.1 Å². The molecular weight excluding hydrogens is 150 g/mol. The van der Waals surface area contributed by atoms with E-state index in [1.165, 1.54) is 5.57 Å². The van der Waals surface area contributed by atoms with E-state index in [0.717, 1.165) is 19.3 Å². The van der Waals surface area contributed by atoms with Crippen molar-refractivity contribution < 1.29 is 0 Å². The molecular formula is C10H17NO. The molecule has 0 spiro atoms. The van der Waals surface area contributed by atoms with Gasteiger partial charge < -0.3 is 0 Å². The van der Waals surface area contributed by atoms with Gasteiger partial charge in [0.2, 0.25) is 0 Å². The van der Waals surface area contributed by atoms with E-state index in [-0.39, 0.29) is 5.54 Å². The molecule has 68 valence electrons. The van der Waals surface area contributed by atoms with E-state index in [9.17, 15) is 4.91 Å². The van der Waals surface area contributed by atoms with Gasteiger partial charge in [-0.25, -0.2) is 0 Å². The van der Waals surface area contributed by atoms with Gasteiger partial charge in [-0.05, 0) is 46.0 Å². The molecule has 0 amide bonds. The fourth-order valence-corrected chi connectivity index (χ4v) is 1.68. The Hall–Kier alpha value is -0.660. The van der Waals surface area contributed by atoms with Crippen LogP contribution in [-0.2, 0) is 0 Å². The number of allylic oxidation sites excluding steroid dienone is 2. The normalized spacial score (nSPS) is 24.9. The van der Waals surface area contributed by atoms with Gasteiger partial charge in [0.15, 0.2) is 0 Å². The van der Waals surface area contributed by atoms with Gasteiger partial charge in [-0.1, -0.05) is 16.8 Å². The molecule has 0 aliphatic heterocycles. The summed E-state index contributed by atoms with van der Waals surface area (Å²) in [5.41, 5.74) is 1.07. The molecule has 0 radical (unpaired) electrons. The Balaban J connectivity index is 2.62. The Morgan fingerprint density at radius 2 is 2.25 bits per heavy atom. The third-order valence-electron chi connectivity index (χ3n) is 2.87. The van der Waals surface area contributed by atoms with Gasteiger partial charge in [-0.3, -0.25) is 0 Å². The zero-order valence-electron chi connectivity index (χ0n) is 8.13. The monoisotopic (exact) mass is 167 g/mol. The Kier molecular flexibility index (Phi) is 2.65. The minimum Gasteiger partial charge on any atom is -0.150 e. The average Bonchev–Trinajstić information content (AvgIpc) is 2.05. The number of hydrogen-bond donors (Lipinski definition) is 0. The summed E-state index contributed by atoms with van der Waals surface area (Å²) < 4.78 is 0. The van der Waals surface area contributed by atoms with Crippen LogP contribution in [0.1, 0.15) is 40.0 Å². The van der Waals surface area contributed by atoms with E-state index in [1.54, 1.807) is 0 Å². The molecule has 1 aliphatic carbocycles. The van der Waals surface area contributed by atoms with Crippen LogP contribution in [-0.4, -0.2) is 5.54 Å². The highest BCUT2D eigenvalue weighted by molar-refractivity contribution is 5.06. The van der Waals surface area contributed by atoms with E-state index in [2.05, 4.69) is 18.2 Å². The van der Waals surface area contributed by atoms with E-state index < -0.39 is 0 Å². The second-order valence-electron chi connectivity index (χ2n) is 4.27. The van der Waals surface area contributed by atoms with Crippen LogP contribution in [0.4, 0.5) is 0 Å². The first-order valence-corrected chi connectivity index (χ1v) is 4.56. The quantitative estimate of drug-likeness (QED) is 0.458. The molecule has 0 fully saturated rings. The van der Waals surface area contributed by atoms with Crippen LogP contribution in [0.25, 0.3) is 0 Å². The minimum atomic E-state index is -0.378. The van der Waals surface area contributed by atoms with Gasteiger partial charge in [0.05, 0.1) is 0 Å². The van der Waals surface area contributed by atoms with Gasteiger partial charge >= 0.3 is 0 Å². The number of rotatable bonds is 2. The highest BCUT2D eigenvalue weighted by Crippen LogP contribution is 2.33. The van der Waals surface area contributed by atoms with Gasteiger partial charge in [-0.2, -0.15) is 4.91 Å².